The molecule has 0 aliphatic heterocycles. The third-order valence-corrected chi connectivity index (χ3v) is 5.44. The molecule has 2 heterocycles. The summed E-state index contributed by atoms with van der Waals surface area (Å²) >= 11 is 1.55. The summed E-state index contributed by atoms with van der Waals surface area (Å²) in [5.74, 6) is 0.520. The van der Waals surface area contributed by atoms with Crippen LogP contribution in [0.15, 0.2) is 43.2 Å². The van der Waals surface area contributed by atoms with E-state index in [2.05, 4.69) is 38.2 Å². The predicted octanol–water partition coefficient (Wildman–Crippen LogP) is 4.26. The standard InChI is InChI=1S/C22H26N6OS/c1-5-8-23-20(29)14-28(4)22-25-13-19(30-22)16-10-15(3)11-18(12-16)27-21-24-9-7-17(6-2)26-21/h6-7,9-13H,2,5,8,14H2,1,3-4H3,(H,23,29)(H,24,26,27). The number of hydrogen-bond acceptors (Lipinski definition) is 7. The summed E-state index contributed by atoms with van der Waals surface area (Å²) in [7, 11) is 1.88. The Morgan fingerprint density at radius 1 is 1.30 bits per heavy atom. The number of carbonyl (C=O) groups excluding carboxylic acids is 1. The van der Waals surface area contributed by atoms with Gasteiger partial charge in [0.25, 0.3) is 0 Å². The van der Waals surface area contributed by atoms with Crippen molar-refractivity contribution >= 4 is 40.1 Å². The number of aromatic nitrogens is 3. The van der Waals surface area contributed by atoms with Crippen LogP contribution in [0.4, 0.5) is 16.8 Å². The molecule has 0 spiro atoms. The number of nitrogens with zero attached hydrogens (tertiary/aromatic N) is 4. The number of hydrogen-bond donors (Lipinski definition) is 2. The highest BCUT2D eigenvalue weighted by Gasteiger charge is 2.13. The van der Waals surface area contributed by atoms with Crippen LogP contribution < -0.4 is 15.5 Å². The number of carbonyl (C=O) groups is 1. The van der Waals surface area contributed by atoms with E-state index >= 15 is 0 Å². The number of thiazole rings is 1. The monoisotopic (exact) mass is 422 g/mol. The highest BCUT2D eigenvalue weighted by atomic mass is 32.1. The number of rotatable bonds is 9. The molecule has 0 aliphatic rings. The van der Waals surface area contributed by atoms with Crippen molar-refractivity contribution in [3.63, 3.8) is 0 Å². The summed E-state index contributed by atoms with van der Waals surface area (Å²) in [5, 5.41) is 6.94. The van der Waals surface area contributed by atoms with Crippen LogP contribution in [-0.4, -0.2) is 41.0 Å². The van der Waals surface area contributed by atoms with Crippen LogP contribution in [-0.2, 0) is 4.79 Å². The Kier molecular flexibility index (Phi) is 7.13. The van der Waals surface area contributed by atoms with Crippen LogP contribution in [0.25, 0.3) is 16.5 Å². The molecule has 0 bridgehead atoms. The molecule has 0 saturated heterocycles. The zero-order chi connectivity index (χ0) is 21.5. The van der Waals surface area contributed by atoms with Crippen LogP contribution >= 0.6 is 11.3 Å². The Bertz CT molecular complexity index is 1030. The third kappa shape index (κ3) is 5.64. The maximum Gasteiger partial charge on any atom is 0.239 e. The lowest BCUT2D eigenvalue weighted by molar-refractivity contribution is -0.119. The second-order valence-corrected chi connectivity index (χ2v) is 7.94. The Labute approximate surface area is 180 Å². The van der Waals surface area contributed by atoms with Crippen molar-refractivity contribution in [3.05, 3.63) is 54.5 Å². The normalized spacial score (nSPS) is 10.5. The van der Waals surface area contributed by atoms with E-state index in [1.165, 1.54) is 0 Å². The number of nitrogens with one attached hydrogen (secondary N) is 2. The van der Waals surface area contributed by atoms with Gasteiger partial charge in [0.2, 0.25) is 11.9 Å². The van der Waals surface area contributed by atoms with Crippen LogP contribution in [0, 0.1) is 6.92 Å². The van der Waals surface area contributed by atoms with E-state index in [0.717, 1.165) is 38.9 Å². The van der Waals surface area contributed by atoms with Gasteiger partial charge in [-0.15, -0.1) is 0 Å². The molecule has 0 aliphatic carbocycles. The van der Waals surface area contributed by atoms with Gasteiger partial charge in [-0.05, 0) is 48.7 Å². The molecular weight excluding hydrogens is 396 g/mol. The van der Waals surface area contributed by atoms with E-state index in [1.54, 1.807) is 29.7 Å². The van der Waals surface area contributed by atoms with Crippen LogP contribution in [0.1, 0.15) is 24.6 Å². The first-order valence-corrected chi connectivity index (χ1v) is 10.6. The van der Waals surface area contributed by atoms with Gasteiger partial charge in [-0.3, -0.25) is 4.79 Å². The minimum atomic E-state index is -0.0000960. The molecule has 2 aromatic heterocycles. The largest absolute Gasteiger partial charge is 0.355 e. The van der Waals surface area contributed by atoms with Crippen molar-refractivity contribution in [1.29, 1.82) is 0 Å². The van der Waals surface area contributed by atoms with Gasteiger partial charge in [-0.25, -0.2) is 15.0 Å². The highest BCUT2D eigenvalue weighted by molar-refractivity contribution is 7.18. The van der Waals surface area contributed by atoms with Crippen molar-refractivity contribution in [1.82, 2.24) is 20.3 Å². The molecule has 156 valence electrons. The fourth-order valence-corrected chi connectivity index (χ4v) is 3.71. The number of amides is 1. The van der Waals surface area contributed by atoms with Gasteiger partial charge < -0.3 is 15.5 Å². The van der Waals surface area contributed by atoms with Crippen LogP contribution in [0.3, 0.4) is 0 Å². The van der Waals surface area contributed by atoms with Crippen LogP contribution in [0.5, 0.6) is 0 Å². The van der Waals surface area contributed by atoms with Gasteiger partial charge in [0.15, 0.2) is 5.13 Å². The average Bonchev–Trinajstić information content (AvgIpc) is 3.22. The van der Waals surface area contributed by atoms with E-state index < -0.39 is 0 Å². The minimum absolute atomic E-state index is 0.0000960. The van der Waals surface area contributed by atoms with E-state index in [9.17, 15) is 4.79 Å². The smallest absolute Gasteiger partial charge is 0.239 e. The summed E-state index contributed by atoms with van der Waals surface area (Å²) in [5.41, 5.74) is 3.81. The summed E-state index contributed by atoms with van der Waals surface area (Å²) < 4.78 is 0. The molecule has 2 N–H and O–H groups in total. The fraction of sp³-hybridized carbons (Fsp3) is 0.273. The molecule has 7 nitrogen and oxygen atoms in total. The van der Waals surface area contributed by atoms with Crippen molar-refractivity contribution in [2.24, 2.45) is 0 Å². The molecule has 1 amide bonds. The van der Waals surface area contributed by atoms with Crippen molar-refractivity contribution < 1.29 is 4.79 Å². The van der Waals surface area contributed by atoms with Gasteiger partial charge in [-0.2, -0.15) is 0 Å². The van der Waals surface area contributed by atoms with E-state index in [1.807, 2.05) is 44.1 Å². The molecule has 0 fully saturated rings. The number of likely N-dealkylation sites (N-methyl/N-ethyl adjacent to an activating group) is 1. The van der Waals surface area contributed by atoms with Gasteiger partial charge in [0.05, 0.1) is 17.1 Å². The molecular formula is C22H26N6OS. The lowest BCUT2D eigenvalue weighted by Crippen LogP contribution is -2.35. The van der Waals surface area contributed by atoms with Crippen molar-refractivity contribution in [2.75, 3.05) is 30.4 Å². The first kappa shape index (κ1) is 21.4. The lowest BCUT2D eigenvalue weighted by atomic mass is 10.1. The number of aryl methyl sites for hydroxylation is 1. The first-order chi connectivity index (χ1) is 14.5. The summed E-state index contributed by atoms with van der Waals surface area (Å²) in [6.07, 6.45) is 6.15. The molecule has 3 rings (SSSR count). The highest BCUT2D eigenvalue weighted by Crippen LogP contribution is 2.33. The van der Waals surface area contributed by atoms with Gasteiger partial charge in [0, 0.05) is 31.7 Å². The van der Waals surface area contributed by atoms with Gasteiger partial charge in [0.1, 0.15) is 0 Å². The van der Waals surface area contributed by atoms with Crippen LogP contribution in [0.2, 0.25) is 0 Å². The molecule has 30 heavy (non-hydrogen) atoms. The molecule has 0 atom stereocenters. The molecule has 1 aromatic carbocycles. The first-order valence-electron chi connectivity index (χ1n) is 9.76. The zero-order valence-electron chi connectivity index (χ0n) is 17.5. The number of anilines is 3. The fourth-order valence-electron chi connectivity index (χ4n) is 2.85. The molecule has 0 radical (unpaired) electrons. The maximum atomic E-state index is 12.0. The molecule has 8 heteroatoms. The average molecular weight is 423 g/mol. The lowest BCUT2D eigenvalue weighted by Gasteiger charge is -2.15. The summed E-state index contributed by atoms with van der Waals surface area (Å²) in [6, 6.07) is 8.00. The SMILES string of the molecule is C=Cc1ccnc(Nc2cc(C)cc(-c3cnc(N(C)CC(=O)NCCC)s3)c2)n1. The second-order valence-electron chi connectivity index (χ2n) is 6.94. The summed E-state index contributed by atoms with van der Waals surface area (Å²) in [4.78, 5) is 28.0. The van der Waals surface area contributed by atoms with Gasteiger partial charge >= 0.3 is 0 Å². The number of benzene rings is 1. The Balaban J connectivity index is 1.76. The summed E-state index contributed by atoms with van der Waals surface area (Å²) in [6.45, 7) is 8.79. The van der Waals surface area contributed by atoms with Crippen molar-refractivity contribution in [3.8, 4) is 10.4 Å². The van der Waals surface area contributed by atoms with E-state index in [-0.39, 0.29) is 12.5 Å². The molecule has 3 aromatic rings. The second kappa shape index (κ2) is 9.98. The van der Waals surface area contributed by atoms with Gasteiger partial charge in [-0.1, -0.05) is 30.9 Å². The third-order valence-electron chi connectivity index (χ3n) is 4.28. The van der Waals surface area contributed by atoms with E-state index in [4.69, 9.17) is 0 Å². The molecule has 0 unspecified atom stereocenters. The molecule has 0 saturated carbocycles. The zero-order valence-corrected chi connectivity index (χ0v) is 18.3. The maximum absolute atomic E-state index is 12.0. The Morgan fingerprint density at radius 3 is 2.90 bits per heavy atom. The van der Waals surface area contributed by atoms with Crippen molar-refractivity contribution in [2.45, 2.75) is 20.3 Å². The van der Waals surface area contributed by atoms with E-state index in [0.29, 0.717) is 12.5 Å². The minimum Gasteiger partial charge on any atom is -0.355 e. The Morgan fingerprint density at radius 2 is 2.13 bits per heavy atom. The topological polar surface area (TPSA) is 83.0 Å². The predicted molar refractivity (Wildman–Crippen MR) is 124 cm³/mol. The quantitative estimate of drug-likeness (QED) is 0.536. The Hall–Kier alpha value is -3.26.